The van der Waals surface area contributed by atoms with Gasteiger partial charge in [-0.05, 0) is 31.0 Å². The molecule has 0 spiro atoms. The molecule has 0 amide bonds. The number of aliphatic hydroxyl groups excluding tert-OH is 1. The summed E-state index contributed by atoms with van der Waals surface area (Å²) in [5.74, 6) is 7.31. The molecule has 0 unspecified atom stereocenters. The Morgan fingerprint density at radius 2 is 1.83 bits per heavy atom. The van der Waals surface area contributed by atoms with Crippen molar-refractivity contribution in [2.75, 3.05) is 5.84 Å². The quantitative estimate of drug-likeness (QED) is 0.545. The number of aromatic nitrogens is 5. The summed E-state index contributed by atoms with van der Waals surface area (Å²) in [6.45, 7) is 3.92. The summed E-state index contributed by atoms with van der Waals surface area (Å²) in [6, 6.07) is 9.74. The number of nitrogen functional groups attached to an aromatic ring is 1. The number of hydrogen-bond acceptors (Lipinski definition) is 6. The Bertz CT molecular complexity index is 808. The molecule has 0 saturated heterocycles. The van der Waals surface area contributed by atoms with Gasteiger partial charge in [-0.3, -0.25) is 0 Å². The molecule has 7 nitrogen and oxygen atoms in total. The van der Waals surface area contributed by atoms with Gasteiger partial charge in [-0.15, -0.1) is 10.2 Å². The van der Waals surface area contributed by atoms with E-state index in [9.17, 15) is 0 Å². The number of hydrogen-bond donors (Lipinski definition) is 2. The molecule has 120 valence electrons. The van der Waals surface area contributed by atoms with E-state index in [1.807, 2.05) is 44.2 Å². The molecule has 0 fully saturated rings. The molecule has 0 radical (unpaired) electrons. The van der Waals surface area contributed by atoms with E-state index >= 15 is 0 Å². The first-order chi connectivity index (χ1) is 11.1. The minimum Gasteiger partial charge on any atom is -0.392 e. The number of nitrogens with two attached hydrogens (primary N) is 1. The summed E-state index contributed by atoms with van der Waals surface area (Å²) in [4.78, 5) is 0. The summed E-state index contributed by atoms with van der Waals surface area (Å²) in [7, 11) is 0. The summed E-state index contributed by atoms with van der Waals surface area (Å²) in [5.41, 5.74) is 3.89. The summed E-state index contributed by atoms with van der Waals surface area (Å²) in [5, 5.41) is 22.3. The minimum atomic E-state index is 0.0521. The zero-order valence-corrected chi connectivity index (χ0v) is 13.8. The van der Waals surface area contributed by atoms with Crippen LogP contribution < -0.4 is 5.84 Å². The number of aryl methyl sites for hydroxylation is 2. The zero-order valence-electron chi connectivity index (χ0n) is 13.0. The maximum atomic E-state index is 9.06. The van der Waals surface area contributed by atoms with Crippen LogP contribution in [-0.2, 0) is 12.4 Å². The van der Waals surface area contributed by atoms with Crippen LogP contribution in [0, 0.1) is 13.8 Å². The van der Waals surface area contributed by atoms with Crippen molar-refractivity contribution >= 4 is 11.8 Å². The van der Waals surface area contributed by atoms with Gasteiger partial charge in [-0.2, -0.15) is 5.10 Å². The highest BCUT2D eigenvalue weighted by molar-refractivity contribution is 7.98. The van der Waals surface area contributed by atoms with E-state index in [1.54, 1.807) is 4.68 Å². The van der Waals surface area contributed by atoms with Gasteiger partial charge in [0.15, 0.2) is 0 Å². The van der Waals surface area contributed by atoms with E-state index in [0.29, 0.717) is 11.1 Å². The SMILES string of the molecule is Cc1cc(C)n(-c2nnc(SCc3ccc(CO)cc3)n2N)n1. The molecule has 0 bridgehead atoms. The van der Waals surface area contributed by atoms with Crippen molar-refractivity contribution < 1.29 is 5.11 Å². The van der Waals surface area contributed by atoms with Crippen LogP contribution in [0.4, 0.5) is 0 Å². The molecule has 23 heavy (non-hydrogen) atoms. The lowest BCUT2D eigenvalue weighted by atomic mass is 10.2. The molecule has 3 aromatic rings. The highest BCUT2D eigenvalue weighted by Crippen LogP contribution is 2.22. The molecule has 2 heterocycles. The third-order valence-electron chi connectivity index (χ3n) is 3.42. The van der Waals surface area contributed by atoms with Crippen LogP contribution in [-0.4, -0.2) is 29.8 Å². The standard InChI is InChI=1S/C15H18N6OS/c1-10-7-11(2)21(19-10)14-17-18-15(20(14)16)23-9-13-5-3-12(8-22)4-6-13/h3-7,22H,8-9,16H2,1-2H3. The largest absolute Gasteiger partial charge is 0.392 e. The van der Waals surface area contributed by atoms with E-state index in [2.05, 4.69) is 15.3 Å². The lowest BCUT2D eigenvalue weighted by molar-refractivity contribution is 0.282. The number of benzene rings is 1. The second kappa shape index (κ2) is 6.43. The topological polar surface area (TPSA) is 94.8 Å². The van der Waals surface area contributed by atoms with Gasteiger partial charge >= 0.3 is 0 Å². The van der Waals surface area contributed by atoms with Crippen molar-refractivity contribution in [3.05, 3.63) is 52.8 Å². The Labute approximate surface area is 138 Å². The lowest BCUT2D eigenvalue weighted by Crippen LogP contribution is -2.17. The van der Waals surface area contributed by atoms with E-state index in [4.69, 9.17) is 10.9 Å². The van der Waals surface area contributed by atoms with Crippen molar-refractivity contribution in [1.29, 1.82) is 0 Å². The van der Waals surface area contributed by atoms with Crippen LogP contribution in [0.2, 0.25) is 0 Å². The molecule has 0 aliphatic carbocycles. The molecule has 0 saturated carbocycles. The Balaban J connectivity index is 1.75. The van der Waals surface area contributed by atoms with Gasteiger partial charge in [0.25, 0.3) is 5.95 Å². The maximum Gasteiger partial charge on any atom is 0.271 e. The van der Waals surface area contributed by atoms with Gasteiger partial charge in [0.2, 0.25) is 5.16 Å². The van der Waals surface area contributed by atoms with Gasteiger partial charge < -0.3 is 10.9 Å². The molecule has 3 N–H and O–H groups in total. The molecule has 1 aromatic carbocycles. The highest BCUT2D eigenvalue weighted by Gasteiger charge is 2.14. The van der Waals surface area contributed by atoms with Gasteiger partial charge in [0, 0.05) is 11.4 Å². The Kier molecular flexibility index (Phi) is 4.35. The molecule has 3 rings (SSSR count). The van der Waals surface area contributed by atoms with Gasteiger partial charge in [-0.1, -0.05) is 36.0 Å². The van der Waals surface area contributed by atoms with Crippen molar-refractivity contribution in [3.63, 3.8) is 0 Å². The van der Waals surface area contributed by atoms with Crippen molar-refractivity contribution in [1.82, 2.24) is 24.7 Å². The average Bonchev–Trinajstić information content (AvgIpc) is 3.07. The fourth-order valence-corrected chi connectivity index (χ4v) is 3.04. The fraction of sp³-hybridized carbons (Fsp3) is 0.267. The lowest BCUT2D eigenvalue weighted by Gasteiger charge is -2.05. The molecule has 0 aliphatic rings. The highest BCUT2D eigenvalue weighted by atomic mass is 32.2. The minimum absolute atomic E-state index is 0.0521. The first kappa shape index (κ1) is 15.6. The molecular formula is C15H18N6OS. The van der Waals surface area contributed by atoms with Crippen LogP contribution in [0.15, 0.2) is 35.5 Å². The average molecular weight is 330 g/mol. The molecule has 8 heteroatoms. The maximum absolute atomic E-state index is 9.06. The number of thioether (sulfide) groups is 1. The van der Waals surface area contributed by atoms with Crippen LogP contribution in [0.5, 0.6) is 0 Å². The number of aliphatic hydroxyl groups is 1. The van der Waals surface area contributed by atoms with E-state index < -0.39 is 0 Å². The van der Waals surface area contributed by atoms with Crippen molar-refractivity contribution in [2.45, 2.75) is 31.4 Å². The molecule has 2 aromatic heterocycles. The molecule has 0 atom stereocenters. The van der Waals surface area contributed by atoms with Crippen LogP contribution in [0.25, 0.3) is 5.95 Å². The summed E-state index contributed by atoms with van der Waals surface area (Å²) in [6.07, 6.45) is 0. The third-order valence-corrected chi connectivity index (χ3v) is 4.43. The fourth-order valence-electron chi connectivity index (χ4n) is 2.23. The van der Waals surface area contributed by atoms with Gasteiger partial charge in [0.05, 0.1) is 12.3 Å². The second-order valence-electron chi connectivity index (χ2n) is 5.25. The van der Waals surface area contributed by atoms with E-state index in [0.717, 1.165) is 28.3 Å². The van der Waals surface area contributed by atoms with Crippen molar-refractivity contribution in [3.8, 4) is 5.95 Å². The number of nitrogens with zero attached hydrogens (tertiary/aromatic N) is 5. The van der Waals surface area contributed by atoms with Crippen LogP contribution >= 0.6 is 11.8 Å². The summed E-state index contributed by atoms with van der Waals surface area (Å²) < 4.78 is 3.13. The normalized spacial score (nSPS) is 11.1. The predicted octanol–water partition coefficient (Wildman–Crippen LogP) is 1.58. The van der Waals surface area contributed by atoms with Crippen LogP contribution in [0.3, 0.4) is 0 Å². The predicted molar refractivity (Wildman–Crippen MR) is 88.7 cm³/mol. The summed E-state index contributed by atoms with van der Waals surface area (Å²) >= 11 is 1.50. The molecular weight excluding hydrogens is 312 g/mol. The molecule has 0 aliphatic heterocycles. The smallest absolute Gasteiger partial charge is 0.271 e. The Hall–Kier alpha value is -2.32. The van der Waals surface area contributed by atoms with Crippen molar-refractivity contribution in [2.24, 2.45) is 0 Å². The first-order valence-corrected chi connectivity index (χ1v) is 8.12. The Morgan fingerprint density at radius 1 is 1.13 bits per heavy atom. The zero-order chi connectivity index (χ0) is 16.4. The van der Waals surface area contributed by atoms with Gasteiger partial charge in [0.1, 0.15) is 0 Å². The second-order valence-corrected chi connectivity index (χ2v) is 6.20. The first-order valence-electron chi connectivity index (χ1n) is 7.14. The van der Waals surface area contributed by atoms with E-state index in [-0.39, 0.29) is 6.61 Å². The van der Waals surface area contributed by atoms with Gasteiger partial charge in [-0.25, -0.2) is 9.36 Å². The third kappa shape index (κ3) is 3.22. The Morgan fingerprint density at radius 3 is 2.43 bits per heavy atom. The monoisotopic (exact) mass is 330 g/mol. The van der Waals surface area contributed by atoms with Crippen LogP contribution in [0.1, 0.15) is 22.5 Å². The van der Waals surface area contributed by atoms with E-state index in [1.165, 1.54) is 16.4 Å². The number of rotatable bonds is 5.